The molecule has 1 amide bonds. The molecule has 2 heterocycles. The molecule has 1 N–H and O–H groups in total. The van der Waals surface area contributed by atoms with Crippen molar-refractivity contribution >= 4 is 16.9 Å². The van der Waals surface area contributed by atoms with Crippen molar-refractivity contribution in [3.05, 3.63) is 42.5 Å². The maximum atomic E-state index is 12.3. The van der Waals surface area contributed by atoms with E-state index in [4.69, 9.17) is 14.2 Å². The molecule has 0 bridgehead atoms. The summed E-state index contributed by atoms with van der Waals surface area (Å²) in [5.74, 6) is 1.85. The summed E-state index contributed by atoms with van der Waals surface area (Å²) in [5.41, 5.74) is 2.78. The Hall–Kier alpha value is -3.06. The number of rotatable bonds is 6. The number of hydrogen-bond acceptors (Lipinski definition) is 5. The van der Waals surface area contributed by atoms with Gasteiger partial charge in [-0.25, -0.2) is 4.98 Å². The summed E-state index contributed by atoms with van der Waals surface area (Å²) in [6, 6.07) is 13.5. The lowest BCUT2D eigenvalue weighted by molar-refractivity contribution is -0.137. The maximum Gasteiger partial charge on any atom is 0.260 e. The van der Waals surface area contributed by atoms with Gasteiger partial charge >= 0.3 is 0 Å². The highest BCUT2D eigenvalue weighted by Crippen LogP contribution is 2.32. The van der Waals surface area contributed by atoms with Crippen LogP contribution in [-0.2, 0) is 9.53 Å². The predicted molar refractivity (Wildman–Crippen MR) is 106 cm³/mol. The molecule has 1 aliphatic rings. The summed E-state index contributed by atoms with van der Waals surface area (Å²) in [6.45, 7) is 4.74. The van der Waals surface area contributed by atoms with Gasteiger partial charge in [0.2, 0.25) is 0 Å². The summed E-state index contributed by atoms with van der Waals surface area (Å²) >= 11 is 0. The van der Waals surface area contributed by atoms with Crippen LogP contribution in [0.4, 0.5) is 0 Å². The van der Waals surface area contributed by atoms with Gasteiger partial charge in [0.25, 0.3) is 5.91 Å². The molecule has 0 unspecified atom stereocenters. The number of amides is 1. The van der Waals surface area contributed by atoms with Gasteiger partial charge in [-0.2, -0.15) is 0 Å². The first-order valence-corrected chi connectivity index (χ1v) is 9.45. The van der Waals surface area contributed by atoms with E-state index in [1.165, 1.54) is 0 Å². The molecule has 1 aromatic heterocycles. The standard InChI is InChI=1S/C21H23N3O4/c1-2-27-19-13-15(21-22-16-5-3-4-6-17(16)23-21)7-8-18(19)28-14-20(25)24-9-11-26-12-10-24/h3-8,13H,2,9-12,14H2,1H3,(H,22,23). The average molecular weight is 381 g/mol. The molecule has 0 aliphatic carbocycles. The number of nitrogens with one attached hydrogen (secondary N) is 1. The van der Waals surface area contributed by atoms with Crippen molar-refractivity contribution in [2.24, 2.45) is 0 Å². The number of carbonyl (C=O) groups is 1. The number of nitrogens with zero attached hydrogens (tertiary/aromatic N) is 2. The molecule has 4 rings (SSSR count). The van der Waals surface area contributed by atoms with E-state index in [1.54, 1.807) is 4.90 Å². The van der Waals surface area contributed by atoms with E-state index in [1.807, 2.05) is 49.4 Å². The Labute approximate surface area is 163 Å². The molecule has 7 heteroatoms. The van der Waals surface area contributed by atoms with Gasteiger partial charge in [0.15, 0.2) is 18.1 Å². The van der Waals surface area contributed by atoms with Gasteiger partial charge < -0.3 is 24.1 Å². The van der Waals surface area contributed by atoms with Crippen LogP contribution in [0.25, 0.3) is 22.4 Å². The van der Waals surface area contributed by atoms with Gasteiger partial charge in [-0.15, -0.1) is 0 Å². The van der Waals surface area contributed by atoms with E-state index >= 15 is 0 Å². The summed E-state index contributed by atoms with van der Waals surface area (Å²) in [6.07, 6.45) is 0. The third-order valence-electron chi connectivity index (χ3n) is 4.62. The Morgan fingerprint density at radius 2 is 1.96 bits per heavy atom. The molecule has 3 aromatic rings. The Morgan fingerprint density at radius 3 is 2.75 bits per heavy atom. The lowest BCUT2D eigenvalue weighted by Gasteiger charge is -2.26. The highest BCUT2D eigenvalue weighted by Gasteiger charge is 2.18. The zero-order valence-electron chi connectivity index (χ0n) is 15.8. The highest BCUT2D eigenvalue weighted by atomic mass is 16.5. The zero-order valence-corrected chi connectivity index (χ0v) is 15.8. The minimum Gasteiger partial charge on any atom is -0.490 e. The Morgan fingerprint density at radius 1 is 1.14 bits per heavy atom. The Balaban J connectivity index is 1.52. The number of benzene rings is 2. The van der Waals surface area contributed by atoms with Crippen molar-refractivity contribution in [2.75, 3.05) is 39.5 Å². The molecule has 0 spiro atoms. The lowest BCUT2D eigenvalue weighted by atomic mass is 10.2. The second-order valence-electron chi connectivity index (χ2n) is 6.48. The first-order chi connectivity index (χ1) is 13.7. The number of hydrogen-bond donors (Lipinski definition) is 1. The SMILES string of the molecule is CCOc1cc(-c2nc3ccccc3[nH]2)ccc1OCC(=O)N1CCOCC1. The fourth-order valence-electron chi connectivity index (χ4n) is 3.18. The third-order valence-corrected chi connectivity index (χ3v) is 4.62. The predicted octanol–water partition coefficient (Wildman–Crippen LogP) is 2.87. The number of fused-ring (bicyclic) bond motifs is 1. The van der Waals surface area contributed by atoms with Gasteiger partial charge in [0, 0.05) is 18.7 Å². The van der Waals surface area contributed by atoms with Gasteiger partial charge in [0.05, 0.1) is 30.9 Å². The number of aromatic nitrogens is 2. The van der Waals surface area contributed by atoms with E-state index in [2.05, 4.69) is 9.97 Å². The number of imidazole rings is 1. The molecular weight excluding hydrogens is 358 g/mol. The van der Waals surface area contributed by atoms with Gasteiger partial charge in [-0.3, -0.25) is 4.79 Å². The molecule has 7 nitrogen and oxygen atoms in total. The first-order valence-electron chi connectivity index (χ1n) is 9.45. The second kappa shape index (κ2) is 8.31. The van der Waals surface area contributed by atoms with E-state index in [0.717, 1.165) is 22.4 Å². The van der Waals surface area contributed by atoms with Crippen LogP contribution in [0.2, 0.25) is 0 Å². The summed E-state index contributed by atoms with van der Waals surface area (Å²) < 4.78 is 16.8. The van der Waals surface area contributed by atoms with Gasteiger partial charge in [-0.1, -0.05) is 12.1 Å². The van der Waals surface area contributed by atoms with Crippen molar-refractivity contribution in [3.8, 4) is 22.9 Å². The largest absolute Gasteiger partial charge is 0.490 e. The lowest BCUT2D eigenvalue weighted by Crippen LogP contribution is -2.43. The molecule has 1 saturated heterocycles. The number of morpholine rings is 1. The fraction of sp³-hybridized carbons (Fsp3) is 0.333. The van der Waals surface area contributed by atoms with E-state index in [-0.39, 0.29) is 12.5 Å². The van der Waals surface area contributed by atoms with E-state index in [0.29, 0.717) is 44.4 Å². The molecule has 2 aromatic carbocycles. The van der Waals surface area contributed by atoms with Crippen LogP contribution < -0.4 is 9.47 Å². The minimum atomic E-state index is -0.0490. The molecule has 0 radical (unpaired) electrons. The van der Waals surface area contributed by atoms with Crippen molar-refractivity contribution in [1.29, 1.82) is 0 Å². The quantitative estimate of drug-likeness (QED) is 0.711. The monoisotopic (exact) mass is 381 g/mol. The van der Waals surface area contributed by atoms with Gasteiger partial charge in [-0.05, 0) is 37.3 Å². The minimum absolute atomic E-state index is 0.0238. The van der Waals surface area contributed by atoms with Crippen LogP contribution in [0.5, 0.6) is 11.5 Å². The third kappa shape index (κ3) is 3.94. The second-order valence-corrected chi connectivity index (χ2v) is 6.48. The molecule has 1 aliphatic heterocycles. The van der Waals surface area contributed by atoms with Crippen LogP contribution in [0, 0.1) is 0 Å². The topological polar surface area (TPSA) is 76.7 Å². The van der Waals surface area contributed by atoms with Crippen LogP contribution in [-0.4, -0.2) is 60.3 Å². The number of para-hydroxylation sites is 2. The highest BCUT2D eigenvalue weighted by molar-refractivity contribution is 5.80. The maximum absolute atomic E-state index is 12.3. The fourth-order valence-corrected chi connectivity index (χ4v) is 3.18. The molecular formula is C21H23N3O4. The van der Waals surface area contributed by atoms with Gasteiger partial charge in [0.1, 0.15) is 5.82 Å². The normalized spacial score (nSPS) is 14.2. The number of aromatic amines is 1. The van der Waals surface area contributed by atoms with E-state index < -0.39 is 0 Å². The molecule has 0 saturated carbocycles. The average Bonchev–Trinajstić information content (AvgIpc) is 3.18. The van der Waals surface area contributed by atoms with Crippen molar-refractivity contribution in [3.63, 3.8) is 0 Å². The van der Waals surface area contributed by atoms with Crippen LogP contribution in [0.1, 0.15) is 6.92 Å². The van der Waals surface area contributed by atoms with Crippen molar-refractivity contribution in [2.45, 2.75) is 6.92 Å². The summed E-state index contributed by atoms with van der Waals surface area (Å²) in [5, 5.41) is 0. The Kier molecular flexibility index (Phi) is 5.43. The van der Waals surface area contributed by atoms with Crippen LogP contribution >= 0.6 is 0 Å². The van der Waals surface area contributed by atoms with E-state index in [9.17, 15) is 4.79 Å². The van der Waals surface area contributed by atoms with Crippen molar-refractivity contribution < 1.29 is 19.0 Å². The molecule has 1 fully saturated rings. The molecule has 28 heavy (non-hydrogen) atoms. The first kappa shape index (κ1) is 18.3. The summed E-state index contributed by atoms with van der Waals surface area (Å²) in [4.78, 5) is 22.0. The number of H-pyrrole nitrogens is 1. The molecule has 0 atom stereocenters. The smallest absolute Gasteiger partial charge is 0.260 e. The molecule has 146 valence electrons. The Bertz CT molecular complexity index is 930. The van der Waals surface area contributed by atoms with Crippen molar-refractivity contribution in [1.82, 2.24) is 14.9 Å². The number of carbonyl (C=O) groups excluding carboxylic acids is 1. The van der Waals surface area contributed by atoms with Crippen LogP contribution in [0.3, 0.4) is 0 Å². The van der Waals surface area contributed by atoms with Crippen LogP contribution in [0.15, 0.2) is 42.5 Å². The number of ether oxygens (including phenoxy) is 3. The summed E-state index contributed by atoms with van der Waals surface area (Å²) in [7, 11) is 0. The zero-order chi connectivity index (χ0) is 19.3.